The molecule has 32 heavy (non-hydrogen) atoms. The Morgan fingerprint density at radius 3 is 2.56 bits per heavy atom. The summed E-state index contributed by atoms with van der Waals surface area (Å²) >= 11 is 0. The van der Waals surface area contributed by atoms with Crippen LogP contribution >= 0.6 is 0 Å². The van der Waals surface area contributed by atoms with Gasteiger partial charge in [-0.25, -0.2) is 4.68 Å². The number of nitrogens with zero attached hydrogens (tertiary/aromatic N) is 5. The van der Waals surface area contributed by atoms with E-state index in [0.29, 0.717) is 18.0 Å². The molecule has 7 nitrogen and oxygen atoms in total. The number of rotatable bonds is 7. The Labute approximate surface area is 187 Å². The first-order valence-electron chi connectivity index (χ1n) is 10.8. The topological polar surface area (TPSA) is 81.0 Å². The minimum atomic E-state index is -0.779. The second-order valence-electron chi connectivity index (χ2n) is 8.18. The van der Waals surface area contributed by atoms with E-state index in [1.807, 2.05) is 49.4 Å². The van der Waals surface area contributed by atoms with Gasteiger partial charge < -0.3 is 0 Å². The van der Waals surface area contributed by atoms with E-state index in [9.17, 15) is 9.59 Å². The molecular formula is C25H25N5O2. The summed E-state index contributed by atoms with van der Waals surface area (Å²) in [5.41, 5.74) is 2.94. The predicted molar refractivity (Wildman–Crippen MR) is 121 cm³/mol. The first-order valence-corrected chi connectivity index (χ1v) is 10.8. The van der Waals surface area contributed by atoms with Crippen LogP contribution in [0.2, 0.25) is 0 Å². The maximum Gasteiger partial charge on any atom is 0.303 e. The third kappa shape index (κ3) is 4.45. The molecule has 162 valence electrons. The molecule has 1 unspecified atom stereocenters. The molecule has 4 rings (SSSR count). The molecule has 0 saturated heterocycles. The van der Waals surface area contributed by atoms with E-state index in [-0.39, 0.29) is 5.78 Å². The number of hydrogen-bond donors (Lipinski definition) is 0. The van der Waals surface area contributed by atoms with Gasteiger partial charge >= 0.3 is 5.91 Å². The Hall–Kier alpha value is -3.79. The fourth-order valence-electron chi connectivity index (χ4n) is 4.50. The number of aromatic nitrogens is 4. The summed E-state index contributed by atoms with van der Waals surface area (Å²) in [5.74, 6) is 2.04. The number of terminal acetylenes is 1. The number of amides is 1. The molecule has 0 aliphatic heterocycles. The summed E-state index contributed by atoms with van der Waals surface area (Å²) in [6.45, 7) is 1.90. The molecular weight excluding hydrogens is 402 g/mol. The van der Waals surface area contributed by atoms with Crippen LogP contribution in [0.5, 0.6) is 0 Å². The highest BCUT2D eigenvalue weighted by Gasteiger charge is 2.33. The van der Waals surface area contributed by atoms with Crippen molar-refractivity contribution >= 4 is 17.4 Å². The van der Waals surface area contributed by atoms with Gasteiger partial charge in [0.1, 0.15) is 12.4 Å². The van der Waals surface area contributed by atoms with Gasteiger partial charge in [0.05, 0.1) is 5.69 Å². The number of anilines is 1. The zero-order valence-electron chi connectivity index (χ0n) is 18.0. The quantitative estimate of drug-likeness (QED) is 0.536. The Balaban J connectivity index is 1.76. The predicted octanol–water partition coefficient (Wildman–Crippen LogP) is 3.83. The van der Waals surface area contributed by atoms with Crippen molar-refractivity contribution in [2.45, 2.75) is 45.1 Å². The number of Topliss-reactive ketones (excluding diaryl/α,β-unsaturated/α-hetero) is 1. The van der Waals surface area contributed by atoms with E-state index in [2.05, 4.69) is 21.4 Å². The van der Waals surface area contributed by atoms with Gasteiger partial charge in [-0.3, -0.25) is 14.5 Å². The Bertz CT molecular complexity index is 1130. The van der Waals surface area contributed by atoms with Gasteiger partial charge in [-0.2, -0.15) is 0 Å². The van der Waals surface area contributed by atoms with Crippen LogP contribution in [0.1, 0.15) is 49.3 Å². The van der Waals surface area contributed by atoms with Crippen molar-refractivity contribution in [2.75, 3.05) is 4.90 Å². The molecule has 2 aromatic carbocycles. The molecule has 1 heterocycles. The van der Waals surface area contributed by atoms with E-state index in [1.165, 1.54) is 11.2 Å². The van der Waals surface area contributed by atoms with Gasteiger partial charge in [-0.15, -0.1) is 11.5 Å². The number of carbonyl (C=O) groups excluding carboxylic acids is 2. The highest BCUT2D eigenvalue weighted by atomic mass is 16.2. The van der Waals surface area contributed by atoms with Gasteiger partial charge in [-0.1, -0.05) is 56.0 Å². The SMILES string of the molecule is C#CC(=O)N(c1ccc(-n2cnnn2)c(C)c1)C(C(=O)CC1CCCC1)c1ccccc1. The monoisotopic (exact) mass is 427 g/mol. The fraction of sp³-hybridized carbons (Fsp3) is 0.320. The molecule has 3 aromatic rings. The molecule has 0 N–H and O–H groups in total. The van der Waals surface area contributed by atoms with E-state index >= 15 is 0 Å². The third-order valence-electron chi connectivity index (χ3n) is 6.04. The number of carbonyl (C=O) groups is 2. The van der Waals surface area contributed by atoms with Gasteiger partial charge in [0.2, 0.25) is 0 Å². The molecule has 0 bridgehead atoms. The van der Waals surface area contributed by atoms with Gasteiger partial charge in [0.25, 0.3) is 0 Å². The molecule has 0 spiro atoms. The summed E-state index contributed by atoms with van der Waals surface area (Å²) in [7, 11) is 0. The Morgan fingerprint density at radius 1 is 1.19 bits per heavy atom. The molecule has 1 saturated carbocycles. The van der Waals surface area contributed by atoms with Crippen LogP contribution in [0.15, 0.2) is 54.9 Å². The molecule has 1 aromatic heterocycles. The van der Waals surface area contributed by atoms with E-state index in [4.69, 9.17) is 6.42 Å². The maximum absolute atomic E-state index is 13.6. The zero-order valence-corrected chi connectivity index (χ0v) is 18.0. The molecule has 0 radical (unpaired) electrons. The largest absolute Gasteiger partial charge is 0.303 e. The highest BCUT2D eigenvalue weighted by Crippen LogP contribution is 2.35. The summed E-state index contributed by atoms with van der Waals surface area (Å²) < 4.78 is 1.55. The zero-order chi connectivity index (χ0) is 22.5. The van der Waals surface area contributed by atoms with Gasteiger partial charge in [0, 0.05) is 12.1 Å². The summed E-state index contributed by atoms with van der Waals surface area (Å²) in [6.07, 6.45) is 11.9. The van der Waals surface area contributed by atoms with Crippen molar-refractivity contribution in [1.82, 2.24) is 20.2 Å². The normalized spacial score (nSPS) is 14.6. The van der Waals surface area contributed by atoms with Crippen LogP contribution < -0.4 is 4.90 Å². The van der Waals surface area contributed by atoms with E-state index < -0.39 is 11.9 Å². The first-order chi connectivity index (χ1) is 15.6. The average Bonchev–Trinajstić information content (AvgIpc) is 3.52. The number of aryl methyl sites for hydroxylation is 1. The van der Waals surface area contributed by atoms with Crippen LogP contribution in [-0.2, 0) is 9.59 Å². The van der Waals surface area contributed by atoms with E-state index in [0.717, 1.165) is 42.5 Å². The van der Waals surface area contributed by atoms with Crippen molar-refractivity contribution in [3.63, 3.8) is 0 Å². The number of hydrogen-bond acceptors (Lipinski definition) is 5. The maximum atomic E-state index is 13.6. The second kappa shape index (κ2) is 9.56. The molecule has 1 aliphatic carbocycles. The van der Waals surface area contributed by atoms with Crippen LogP contribution in [0, 0.1) is 25.2 Å². The average molecular weight is 428 g/mol. The lowest BCUT2D eigenvalue weighted by atomic mass is 9.92. The minimum absolute atomic E-state index is 0.00825. The molecule has 1 fully saturated rings. The van der Waals surface area contributed by atoms with Crippen LogP contribution in [0.3, 0.4) is 0 Å². The smallest absolute Gasteiger partial charge is 0.297 e. The molecule has 1 amide bonds. The standard InChI is InChI=1S/C25H25N5O2/c1-3-24(32)30(21-13-14-22(18(2)15-21)29-17-26-27-28-29)25(20-11-5-4-6-12-20)23(31)16-19-9-7-8-10-19/h1,4-6,11-15,17,19,25H,7-10,16H2,2H3. The van der Waals surface area contributed by atoms with E-state index in [1.54, 1.807) is 10.7 Å². The number of tetrazole rings is 1. The summed E-state index contributed by atoms with van der Waals surface area (Å²) in [5, 5.41) is 11.3. The van der Waals surface area contributed by atoms with Crippen molar-refractivity contribution in [3.05, 3.63) is 66.0 Å². The lowest BCUT2D eigenvalue weighted by Gasteiger charge is -2.31. The lowest BCUT2D eigenvalue weighted by Crippen LogP contribution is -2.39. The summed E-state index contributed by atoms with van der Waals surface area (Å²) in [6, 6.07) is 14.0. The first kappa shape index (κ1) is 21.4. The van der Waals surface area contributed by atoms with Crippen LogP contribution in [0.25, 0.3) is 5.69 Å². The highest BCUT2D eigenvalue weighted by molar-refractivity contribution is 6.10. The van der Waals surface area contributed by atoms with Crippen molar-refractivity contribution < 1.29 is 9.59 Å². The Morgan fingerprint density at radius 2 is 1.94 bits per heavy atom. The van der Waals surface area contributed by atoms with Gasteiger partial charge in [-0.05, 0) is 58.5 Å². The van der Waals surface area contributed by atoms with Crippen molar-refractivity contribution in [2.24, 2.45) is 5.92 Å². The minimum Gasteiger partial charge on any atom is -0.297 e. The second-order valence-corrected chi connectivity index (χ2v) is 8.18. The van der Waals surface area contributed by atoms with Crippen molar-refractivity contribution in [3.8, 4) is 18.0 Å². The fourth-order valence-corrected chi connectivity index (χ4v) is 4.50. The molecule has 1 atom stereocenters. The van der Waals surface area contributed by atoms with Crippen LogP contribution in [-0.4, -0.2) is 31.9 Å². The van der Waals surface area contributed by atoms with Crippen molar-refractivity contribution in [1.29, 1.82) is 0 Å². The number of ketones is 1. The molecule has 1 aliphatic rings. The third-order valence-corrected chi connectivity index (χ3v) is 6.04. The molecule has 7 heteroatoms. The Kier molecular flexibility index (Phi) is 6.41. The summed E-state index contributed by atoms with van der Waals surface area (Å²) in [4.78, 5) is 28.0. The van der Waals surface area contributed by atoms with Gasteiger partial charge in [0.15, 0.2) is 5.78 Å². The number of benzene rings is 2. The van der Waals surface area contributed by atoms with Crippen LogP contribution in [0.4, 0.5) is 5.69 Å². The lowest BCUT2D eigenvalue weighted by molar-refractivity contribution is -0.124.